The molecule has 1 heterocycles. The maximum Gasteiger partial charge on any atom is 0.294 e. The highest BCUT2D eigenvalue weighted by Crippen LogP contribution is 2.41. The molecular formula is C22H33N3O4S2. The second kappa shape index (κ2) is 11.9. The van der Waals surface area contributed by atoms with Crippen molar-refractivity contribution in [2.75, 3.05) is 45.4 Å². The highest BCUT2D eigenvalue weighted by Gasteiger charge is 2.36. The molecule has 0 aliphatic carbocycles. The second-order valence-corrected chi connectivity index (χ2v) is 10.1. The molecule has 1 unspecified atom stereocenters. The first-order valence-corrected chi connectivity index (χ1v) is 12.4. The Morgan fingerprint density at radius 3 is 2.74 bits per heavy atom. The van der Waals surface area contributed by atoms with Gasteiger partial charge in [0.2, 0.25) is 5.78 Å². The van der Waals surface area contributed by atoms with Crippen LogP contribution >= 0.6 is 23.5 Å². The van der Waals surface area contributed by atoms with Crippen LogP contribution in [0.25, 0.3) is 0 Å². The lowest BCUT2D eigenvalue weighted by molar-refractivity contribution is -0.139. The summed E-state index contributed by atoms with van der Waals surface area (Å²) >= 11 is 3.17. The van der Waals surface area contributed by atoms with E-state index in [1.807, 2.05) is 18.4 Å². The van der Waals surface area contributed by atoms with Crippen molar-refractivity contribution in [1.29, 1.82) is 0 Å². The lowest BCUT2D eigenvalue weighted by Crippen LogP contribution is -2.32. The van der Waals surface area contributed by atoms with Crippen molar-refractivity contribution in [2.45, 2.75) is 32.2 Å². The van der Waals surface area contributed by atoms with Crippen molar-refractivity contribution in [3.8, 4) is 5.75 Å². The fourth-order valence-corrected chi connectivity index (χ4v) is 5.28. The summed E-state index contributed by atoms with van der Waals surface area (Å²) in [5, 5.41) is 11.3. The second-order valence-electron chi connectivity index (χ2n) is 7.94. The number of ether oxygens (including phenoxy) is 1. The van der Waals surface area contributed by atoms with E-state index in [9.17, 15) is 9.59 Å². The van der Waals surface area contributed by atoms with E-state index in [1.165, 1.54) is 17.3 Å². The number of thioether (sulfide) groups is 2. The molecule has 0 saturated carbocycles. The van der Waals surface area contributed by atoms with Gasteiger partial charge in [-0.15, -0.1) is 23.5 Å². The third-order valence-electron chi connectivity index (χ3n) is 5.42. The molecule has 9 heteroatoms. The maximum absolute atomic E-state index is 11.7. The molecular weight excluding hydrogens is 434 g/mol. The lowest BCUT2D eigenvalue weighted by Gasteiger charge is -2.26. The quantitative estimate of drug-likeness (QED) is 0.401. The van der Waals surface area contributed by atoms with Gasteiger partial charge in [0.15, 0.2) is 0 Å². The van der Waals surface area contributed by atoms with Gasteiger partial charge in [0.25, 0.3) is 5.91 Å². The van der Waals surface area contributed by atoms with Crippen LogP contribution in [0.3, 0.4) is 0 Å². The lowest BCUT2D eigenvalue weighted by atomic mass is 9.80. The highest BCUT2D eigenvalue weighted by atomic mass is 32.2. The fourth-order valence-electron chi connectivity index (χ4n) is 3.35. The van der Waals surface area contributed by atoms with Crippen LogP contribution in [0.15, 0.2) is 28.1 Å². The molecule has 1 atom stereocenters. The number of Topliss-reactive ketones (excluding diaryl/α,β-unsaturated/α-hetero) is 1. The van der Waals surface area contributed by atoms with Crippen LogP contribution in [0.4, 0.5) is 0 Å². The molecule has 172 valence electrons. The van der Waals surface area contributed by atoms with Gasteiger partial charge in [-0.1, -0.05) is 19.1 Å². The van der Waals surface area contributed by atoms with Crippen LogP contribution in [0.5, 0.6) is 5.75 Å². The van der Waals surface area contributed by atoms with Gasteiger partial charge in [0, 0.05) is 35.5 Å². The first-order chi connectivity index (χ1) is 14.7. The summed E-state index contributed by atoms with van der Waals surface area (Å²) in [5.74, 6) is 0.197. The van der Waals surface area contributed by atoms with Gasteiger partial charge >= 0.3 is 0 Å². The molecule has 0 aromatic heterocycles. The van der Waals surface area contributed by atoms with Crippen molar-refractivity contribution in [2.24, 2.45) is 5.73 Å². The van der Waals surface area contributed by atoms with Crippen LogP contribution in [-0.2, 0) is 21.5 Å². The fraction of sp³-hybridized carbons (Fsp3) is 0.545. The number of hydrogen-bond acceptors (Lipinski definition) is 8. The third kappa shape index (κ3) is 6.98. The number of nitrogens with two attached hydrogens (primary N) is 1. The van der Waals surface area contributed by atoms with E-state index in [4.69, 9.17) is 15.6 Å². The largest absolute Gasteiger partial charge is 0.492 e. The third-order valence-corrected chi connectivity index (χ3v) is 7.90. The van der Waals surface area contributed by atoms with E-state index in [0.717, 1.165) is 40.8 Å². The average Bonchev–Trinajstić information content (AvgIpc) is 3.10. The number of carbonyl (C=O) groups excluding carboxylic acids is 2. The molecule has 0 saturated heterocycles. The summed E-state index contributed by atoms with van der Waals surface area (Å²) < 4.78 is 6.86. The number of fused-ring (bicyclic) bond motifs is 1. The summed E-state index contributed by atoms with van der Waals surface area (Å²) in [6.45, 7) is 6.26. The minimum absolute atomic E-state index is 0.0215. The van der Waals surface area contributed by atoms with Crippen LogP contribution in [-0.4, -0.2) is 67.1 Å². The molecule has 1 aliphatic heterocycles. The monoisotopic (exact) mass is 467 g/mol. The topological polar surface area (TPSA) is 105 Å². The van der Waals surface area contributed by atoms with Crippen molar-refractivity contribution in [1.82, 2.24) is 10.2 Å². The zero-order valence-corrected chi connectivity index (χ0v) is 20.3. The van der Waals surface area contributed by atoms with Gasteiger partial charge in [0.1, 0.15) is 12.4 Å². The van der Waals surface area contributed by atoms with E-state index in [-0.39, 0.29) is 5.41 Å². The SMILES string of the molecule is CSC(SCCN(C)CCC1(C)COc2ccc(CN)cc21)=C(C)NC(=O)C(=O)CO. The molecule has 0 spiro atoms. The van der Waals surface area contributed by atoms with Crippen molar-refractivity contribution >= 4 is 35.2 Å². The first kappa shape index (κ1) is 25.7. The number of nitrogens with zero attached hydrogens (tertiary/aromatic N) is 1. The predicted molar refractivity (Wildman–Crippen MR) is 128 cm³/mol. The Bertz CT molecular complexity index is 831. The number of allylic oxidation sites excluding steroid dienone is 1. The number of aliphatic hydroxyl groups is 1. The molecule has 1 aromatic carbocycles. The zero-order valence-electron chi connectivity index (χ0n) is 18.7. The van der Waals surface area contributed by atoms with Crippen LogP contribution in [0.2, 0.25) is 0 Å². The minimum atomic E-state index is -0.839. The van der Waals surface area contributed by atoms with E-state index >= 15 is 0 Å². The van der Waals surface area contributed by atoms with E-state index < -0.39 is 18.3 Å². The van der Waals surface area contributed by atoms with E-state index in [0.29, 0.717) is 18.8 Å². The Morgan fingerprint density at radius 2 is 2.10 bits per heavy atom. The van der Waals surface area contributed by atoms with Gasteiger partial charge in [0.05, 0.1) is 10.8 Å². The van der Waals surface area contributed by atoms with Gasteiger partial charge in [-0.05, 0) is 44.8 Å². The van der Waals surface area contributed by atoms with E-state index in [2.05, 4.69) is 30.3 Å². The molecule has 4 N–H and O–H groups in total. The first-order valence-electron chi connectivity index (χ1n) is 10.2. The molecule has 7 nitrogen and oxygen atoms in total. The number of rotatable bonds is 12. The van der Waals surface area contributed by atoms with Crippen molar-refractivity contribution in [3.05, 3.63) is 39.3 Å². The standard InChI is InChI=1S/C22H33N3O4S2/c1-15(24-20(28)18(27)13-26)21(30-4)31-10-9-25(3)8-7-22(2)14-29-19-6-5-16(12-23)11-17(19)22/h5-6,11,26H,7-10,12-14,23H2,1-4H3,(H,24,28). The molecule has 31 heavy (non-hydrogen) atoms. The number of hydrogen-bond donors (Lipinski definition) is 3. The van der Waals surface area contributed by atoms with Gasteiger partial charge in [-0.25, -0.2) is 0 Å². The van der Waals surface area contributed by atoms with Gasteiger partial charge in [-0.2, -0.15) is 0 Å². The summed E-state index contributed by atoms with van der Waals surface area (Å²) in [6, 6.07) is 6.22. The average molecular weight is 468 g/mol. The smallest absolute Gasteiger partial charge is 0.294 e. The summed E-state index contributed by atoms with van der Waals surface area (Å²) in [5.41, 5.74) is 8.79. The maximum atomic E-state index is 11.7. The molecule has 2 rings (SSSR count). The van der Waals surface area contributed by atoms with Crippen molar-refractivity contribution < 1.29 is 19.4 Å². The number of amides is 1. The molecule has 1 aliphatic rings. The number of benzene rings is 1. The van der Waals surface area contributed by atoms with E-state index in [1.54, 1.807) is 18.7 Å². The van der Waals surface area contributed by atoms with Crippen molar-refractivity contribution in [3.63, 3.8) is 0 Å². The Labute approximate surface area is 193 Å². The molecule has 0 radical (unpaired) electrons. The number of carbonyl (C=O) groups is 2. The Balaban J connectivity index is 1.84. The Kier molecular flexibility index (Phi) is 9.90. The number of aliphatic hydroxyl groups excluding tert-OH is 1. The van der Waals surface area contributed by atoms with Gasteiger partial charge < -0.3 is 25.8 Å². The Morgan fingerprint density at radius 1 is 1.35 bits per heavy atom. The normalized spacial score (nSPS) is 18.4. The molecule has 0 bridgehead atoms. The summed E-state index contributed by atoms with van der Waals surface area (Å²) in [4.78, 5) is 25.2. The number of nitrogens with one attached hydrogen (secondary N) is 1. The summed E-state index contributed by atoms with van der Waals surface area (Å²) in [6.07, 6.45) is 2.92. The Hall–Kier alpha value is -1.52. The van der Waals surface area contributed by atoms with Crippen LogP contribution in [0, 0.1) is 0 Å². The zero-order chi connectivity index (χ0) is 23.0. The summed E-state index contributed by atoms with van der Waals surface area (Å²) in [7, 11) is 2.11. The molecule has 1 aromatic rings. The minimum Gasteiger partial charge on any atom is -0.492 e. The van der Waals surface area contributed by atoms with Gasteiger partial charge in [-0.3, -0.25) is 9.59 Å². The molecule has 0 fully saturated rings. The van der Waals surface area contributed by atoms with Crippen LogP contribution in [0.1, 0.15) is 31.4 Å². The number of ketones is 1. The molecule has 1 amide bonds. The highest BCUT2D eigenvalue weighted by molar-refractivity contribution is 8.22. The van der Waals surface area contributed by atoms with Crippen LogP contribution < -0.4 is 15.8 Å². The predicted octanol–water partition coefficient (Wildman–Crippen LogP) is 2.08.